The quantitative estimate of drug-likeness (QED) is 0.545. The number of hydrogen-bond donors (Lipinski definition) is 1. The van der Waals surface area contributed by atoms with E-state index >= 15 is 0 Å². The molecule has 1 aromatic carbocycles. The predicted octanol–water partition coefficient (Wildman–Crippen LogP) is 5.54. The monoisotopic (exact) mass is 436 g/mol. The van der Waals surface area contributed by atoms with E-state index in [4.69, 9.17) is 5.41 Å². The average molecular weight is 437 g/mol. The fraction of sp³-hybridized carbons (Fsp3) is 0.304. The Labute approximate surface area is 184 Å². The molecule has 154 valence electrons. The van der Waals surface area contributed by atoms with E-state index in [1.807, 2.05) is 13.0 Å². The first-order valence-corrected chi connectivity index (χ1v) is 11.5. The number of ketones is 1. The molecule has 3 aromatic rings. The second-order valence-electron chi connectivity index (χ2n) is 7.59. The highest BCUT2D eigenvalue weighted by Crippen LogP contribution is 2.42. The molecule has 1 N–H and O–H groups in total. The van der Waals surface area contributed by atoms with Gasteiger partial charge in [-0.1, -0.05) is 24.8 Å². The molecule has 1 fully saturated rings. The molecular formula is C23H24N4OS2. The van der Waals surface area contributed by atoms with E-state index in [0.717, 1.165) is 34.1 Å². The summed E-state index contributed by atoms with van der Waals surface area (Å²) in [5.74, 6) is -0.665. The van der Waals surface area contributed by atoms with Crippen molar-refractivity contribution < 1.29 is 4.79 Å². The summed E-state index contributed by atoms with van der Waals surface area (Å²) in [6.45, 7) is 10.4. The smallest absolute Gasteiger partial charge is 0.186 e. The maximum atomic E-state index is 13.1. The van der Waals surface area contributed by atoms with Gasteiger partial charge in [0.05, 0.1) is 9.95 Å². The molecular weight excluding hydrogens is 412 g/mol. The van der Waals surface area contributed by atoms with Crippen molar-refractivity contribution >= 4 is 40.0 Å². The molecule has 1 aliphatic heterocycles. The van der Waals surface area contributed by atoms with Crippen molar-refractivity contribution in [2.45, 2.75) is 47.0 Å². The third-order valence-electron chi connectivity index (χ3n) is 5.52. The van der Waals surface area contributed by atoms with Crippen molar-refractivity contribution in [2.75, 3.05) is 0 Å². The molecule has 5 nitrogen and oxygen atoms in total. The average Bonchev–Trinajstić information content (AvgIpc) is 3.35. The Hall–Kier alpha value is -2.51. The topological polar surface area (TPSA) is 71.6 Å². The van der Waals surface area contributed by atoms with Gasteiger partial charge in [0.1, 0.15) is 15.9 Å². The maximum Gasteiger partial charge on any atom is 0.186 e. The number of nitrogens with one attached hydrogen (secondary N) is 1. The Bertz CT molecular complexity index is 1200. The second-order valence-corrected chi connectivity index (χ2v) is 9.77. The van der Waals surface area contributed by atoms with Crippen LogP contribution in [0.15, 0.2) is 29.2 Å². The molecule has 7 heteroatoms. The van der Waals surface area contributed by atoms with Crippen LogP contribution >= 0.6 is 23.1 Å². The summed E-state index contributed by atoms with van der Waals surface area (Å²) in [5.41, 5.74) is 6.83. The van der Waals surface area contributed by atoms with E-state index < -0.39 is 5.92 Å². The maximum absolute atomic E-state index is 13.1. The summed E-state index contributed by atoms with van der Waals surface area (Å²) in [6.07, 6.45) is 2.70. The minimum Gasteiger partial charge on any atom is -0.318 e. The summed E-state index contributed by atoms with van der Waals surface area (Å²) >= 11 is 2.66. The first-order chi connectivity index (χ1) is 14.3. The molecule has 0 unspecified atom stereocenters. The number of thioether (sulfide) groups is 1. The van der Waals surface area contributed by atoms with Gasteiger partial charge in [0.15, 0.2) is 5.78 Å². The van der Waals surface area contributed by atoms with E-state index in [2.05, 4.69) is 66.7 Å². The number of Topliss-reactive ketones (excluding diaryl/α,β-unsaturated/α-hetero) is 1. The lowest BCUT2D eigenvalue weighted by Crippen LogP contribution is -2.11. The highest BCUT2D eigenvalue weighted by Gasteiger charge is 2.39. The summed E-state index contributed by atoms with van der Waals surface area (Å²) < 4.78 is 2.21. The van der Waals surface area contributed by atoms with Crippen LogP contribution in [0.25, 0.3) is 11.8 Å². The van der Waals surface area contributed by atoms with Gasteiger partial charge in [-0.05, 0) is 75.1 Å². The third kappa shape index (κ3) is 3.56. The van der Waals surface area contributed by atoms with Gasteiger partial charge in [-0.2, -0.15) is 0 Å². The highest BCUT2D eigenvalue weighted by molar-refractivity contribution is 8.19. The van der Waals surface area contributed by atoms with Crippen molar-refractivity contribution in [2.24, 2.45) is 0 Å². The summed E-state index contributed by atoms with van der Waals surface area (Å²) in [5, 5.41) is 18.5. The predicted molar refractivity (Wildman–Crippen MR) is 125 cm³/mol. The molecule has 1 atom stereocenters. The van der Waals surface area contributed by atoms with Crippen LogP contribution in [-0.4, -0.2) is 25.6 Å². The van der Waals surface area contributed by atoms with E-state index in [0.29, 0.717) is 15.0 Å². The van der Waals surface area contributed by atoms with Crippen LogP contribution in [0, 0.1) is 33.1 Å². The number of allylic oxidation sites excluding steroid dienone is 1. The van der Waals surface area contributed by atoms with Crippen LogP contribution in [0.1, 0.15) is 50.9 Å². The molecule has 4 rings (SSSR count). The lowest BCUT2D eigenvalue weighted by molar-refractivity contribution is -0.114. The normalized spacial score (nSPS) is 18.0. The standard InChI is InChI=1S/C23H24N4OS2/c1-6-19-25-26-23(30-19)20-21(28)18(29-22(20)24)11-16-10-14(4)27(15(16)5)17-8-7-12(2)13(3)9-17/h7-11,20,24H,6H2,1-5H3/b18-11-,24-22?/t20-/m1/s1. The van der Waals surface area contributed by atoms with Crippen LogP contribution in [0.2, 0.25) is 0 Å². The lowest BCUT2D eigenvalue weighted by atomic mass is 10.1. The van der Waals surface area contributed by atoms with Gasteiger partial charge in [0, 0.05) is 17.1 Å². The van der Waals surface area contributed by atoms with Gasteiger partial charge >= 0.3 is 0 Å². The number of hydrogen-bond acceptors (Lipinski definition) is 6. The summed E-state index contributed by atoms with van der Waals surface area (Å²) in [7, 11) is 0. The zero-order valence-corrected chi connectivity index (χ0v) is 19.4. The first-order valence-electron chi connectivity index (χ1n) is 9.91. The van der Waals surface area contributed by atoms with Crippen molar-refractivity contribution in [3.63, 3.8) is 0 Å². The molecule has 0 bridgehead atoms. The van der Waals surface area contributed by atoms with Gasteiger partial charge in [-0.3, -0.25) is 10.2 Å². The largest absolute Gasteiger partial charge is 0.318 e. The molecule has 0 aliphatic carbocycles. The number of carbonyl (C=O) groups excluding carboxylic acids is 1. The zero-order valence-electron chi connectivity index (χ0n) is 17.7. The zero-order chi connectivity index (χ0) is 21.6. The van der Waals surface area contributed by atoms with E-state index in [9.17, 15) is 4.79 Å². The molecule has 0 spiro atoms. The molecule has 1 saturated heterocycles. The van der Waals surface area contributed by atoms with Gasteiger partial charge in [0.2, 0.25) is 0 Å². The molecule has 0 amide bonds. The minimum absolute atomic E-state index is 0.0558. The van der Waals surface area contributed by atoms with Crippen molar-refractivity contribution in [3.8, 4) is 5.69 Å². The Balaban J connectivity index is 1.69. The fourth-order valence-corrected chi connectivity index (χ4v) is 5.62. The molecule has 0 saturated carbocycles. The van der Waals surface area contributed by atoms with Crippen molar-refractivity contribution in [3.05, 3.63) is 67.3 Å². The number of rotatable bonds is 4. The van der Waals surface area contributed by atoms with E-state index in [1.54, 1.807) is 0 Å². The molecule has 3 heterocycles. The van der Waals surface area contributed by atoms with Gasteiger partial charge in [-0.25, -0.2) is 0 Å². The van der Waals surface area contributed by atoms with E-state index in [1.165, 1.54) is 34.2 Å². The van der Waals surface area contributed by atoms with Crippen molar-refractivity contribution in [1.82, 2.24) is 14.8 Å². The molecule has 1 aliphatic rings. The number of carbonyl (C=O) groups is 1. The highest BCUT2D eigenvalue weighted by atomic mass is 32.2. The fourth-order valence-electron chi connectivity index (χ4n) is 3.68. The third-order valence-corrected chi connectivity index (χ3v) is 7.65. The summed E-state index contributed by atoms with van der Waals surface area (Å²) in [6, 6.07) is 8.55. The SMILES string of the molecule is CCc1nnc([C@H]2C(=N)S/C(=C\c3cc(C)n(-c4ccc(C)c(C)c4)c3C)C2=O)s1. The first kappa shape index (κ1) is 20.8. The van der Waals surface area contributed by atoms with Gasteiger partial charge in [-0.15, -0.1) is 21.5 Å². The summed E-state index contributed by atoms with van der Waals surface area (Å²) in [4.78, 5) is 13.7. The number of aryl methyl sites for hydroxylation is 4. The van der Waals surface area contributed by atoms with Gasteiger partial charge in [0.25, 0.3) is 0 Å². The molecule has 0 radical (unpaired) electrons. The van der Waals surface area contributed by atoms with E-state index in [-0.39, 0.29) is 5.78 Å². The Kier molecular flexibility index (Phi) is 5.51. The minimum atomic E-state index is -0.609. The van der Waals surface area contributed by atoms with Crippen LogP contribution in [0.5, 0.6) is 0 Å². The van der Waals surface area contributed by atoms with Crippen LogP contribution in [0.4, 0.5) is 0 Å². The van der Waals surface area contributed by atoms with Crippen LogP contribution < -0.4 is 0 Å². The Morgan fingerprint density at radius 3 is 2.57 bits per heavy atom. The number of nitrogens with zero attached hydrogens (tertiary/aromatic N) is 3. The Morgan fingerprint density at radius 1 is 1.13 bits per heavy atom. The molecule has 2 aromatic heterocycles. The lowest BCUT2D eigenvalue weighted by Gasteiger charge is -2.11. The van der Waals surface area contributed by atoms with Crippen LogP contribution in [-0.2, 0) is 11.2 Å². The second kappa shape index (κ2) is 7.96. The number of aromatic nitrogens is 3. The van der Waals surface area contributed by atoms with Gasteiger partial charge < -0.3 is 4.57 Å². The van der Waals surface area contributed by atoms with Crippen molar-refractivity contribution in [1.29, 1.82) is 5.41 Å². The number of benzene rings is 1. The Morgan fingerprint density at radius 2 is 1.90 bits per heavy atom. The molecule has 30 heavy (non-hydrogen) atoms. The van der Waals surface area contributed by atoms with Crippen LogP contribution in [0.3, 0.4) is 0 Å².